The number of aromatic nitrogens is 2. The molecule has 0 spiro atoms. The van der Waals surface area contributed by atoms with Gasteiger partial charge in [-0.25, -0.2) is 0 Å². The van der Waals surface area contributed by atoms with Crippen LogP contribution in [0.25, 0.3) is 0 Å². The molecular weight excluding hydrogens is 268 g/mol. The van der Waals surface area contributed by atoms with Crippen LogP contribution in [-0.4, -0.2) is 45.1 Å². The first-order valence-corrected chi connectivity index (χ1v) is 7.79. The molecule has 2 heterocycles. The lowest BCUT2D eigenvalue weighted by molar-refractivity contribution is -0.150. The summed E-state index contributed by atoms with van der Waals surface area (Å²) < 4.78 is 1.80. The standard InChI is InChI=1S/C15H22N4O2/c1-2-4-12-14(20)17-13(11-5-6-11)15(21)19(12)10-9-18-8-3-7-16-18/h3,7-8,11-13H,2,4-6,9-10H2,1H3,(H,17,20). The van der Waals surface area contributed by atoms with Gasteiger partial charge in [0.15, 0.2) is 0 Å². The zero-order valence-electron chi connectivity index (χ0n) is 12.4. The first-order chi connectivity index (χ1) is 10.2. The maximum absolute atomic E-state index is 12.7. The van der Waals surface area contributed by atoms with Gasteiger partial charge in [0.2, 0.25) is 11.8 Å². The van der Waals surface area contributed by atoms with Crippen molar-refractivity contribution in [1.82, 2.24) is 20.0 Å². The van der Waals surface area contributed by atoms with E-state index < -0.39 is 0 Å². The molecule has 0 radical (unpaired) electrons. The van der Waals surface area contributed by atoms with Crippen molar-refractivity contribution >= 4 is 11.8 Å². The molecule has 1 saturated carbocycles. The molecule has 3 rings (SSSR count). The third-order valence-corrected chi connectivity index (χ3v) is 4.31. The highest BCUT2D eigenvalue weighted by atomic mass is 16.2. The van der Waals surface area contributed by atoms with E-state index >= 15 is 0 Å². The lowest BCUT2D eigenvalue weighted by Crippen LogP contribution is -2.64. The Balaban J connectivity index is 1.72. The summed E-state index contributed by atoms with van der Waals surface area (Å²) in [6.07, 6.45) is 7.29. The molecule has 0 bridgehead atoms. The SMILES string of the molecule is CCCC1C(=O)NC(C2CC2)C(=O)N1CCn1cccn1. The van der Waals surface area contributed by atoms with Crippen molar-refractivity contribution in [2.24, 2.45) is 5.92 Å². The fourth-order valence-electron chi connectivity index (χ4n) is 3.00. The summed E-state index contributed by atoms with van der Waals surface area (Å²) in [7, 11) is 0. The van der Waals surface area contributed by atoms with E-state index in [1.807, 2.05) is 19.2 Å². The smallest absolute Gasteiger partial charge is 0.246 e. The highest BCUT2D eigenvalue weighted by Crippen LogP contribution is 2.35. The number of rotatable bonds is 6. The van der Waals surface area contributed by atoms with Crippen molar-refractivity contribution in [2.45, 2.75) is 51.2 Å². The predicted octanol–water partition coefficient (Wildman–Crippen LogP) is 0.789. The van der Waals surface area contributed by atoms with Crippen molar-refractivity contribution in [3.05, 3.63) is 18.5 Å². The van der Waals surface area contributed by atoms with E-state index in [0.717, 1.165) is 19.3 Å². The number of hydrogen-bond donors (Lipinski definition) is 1. The number of carbonyl (C=O) groups excluding carboxylic acids is 2. The molecule has 1 N–H and O–H groups in total. The second-order valence-corrected chi connectivity index (χ2v) is 5.93. The molecule has 21 heavy (non-hydrogen) atoms. The minimum atomic E-state index is -0.326. The predicted molar refractivity (Wildman–Crippen MR) is 77.3 cm³/mol. The summed E-state index contributed by atoms with van der Waals surface area (Å²) in [5, 5.41) is 7.09. The van der Waals surface area contributed by atoms with Gasteiger partial charge in [-0.1, -0.05) is 13.3 Å². The summed E-state index contributed by atoms with van der Waals surface area (Å²) in [5.41, 5.74) is 0. The number of piperazine rings is 1. The molecule has 1 aliphatic carbocycles. The minimum absolute atomic E-state index is 0.00816. The van der Waals surface area contributed by atoms with Crippen molar-refractivity contribution in [3.63, 3.8) is 0 Å². The average Bonchev–Trinajstić information content (AvgIpc) is 3.18. The summed E-state index contributed by atoms with van der Waals surface area (Å²) in [6.45, 7) is 3.21. The van der Waals surface area contributed by atoms with Crippen LogP contribution in [0.15, 0.2) is 18.5 Å². The number of nitrogens with one attached hydrogen (secondary N) is 1. The Bertz CT molecular complexity index is 510. The van der Waals surface area contributed by atoms with Crippen LogP contribution in [0.2, 0.25) is 0 Å². The van der Waals surface area contributed by atoms with Crippen LogP contribution in [0.5, 0.6) is 0 Å². The Hall–Kier alpha value is -1.85. The van der Waals surface area contributed by atoms with Crippen molar-refractivity contribution in [2.75, 3.05) is 6.54 Å². The van der Waals surface area contributed by atoms with E-state index in [4.69, 9.17) is 0 Å². The molecule has 6 nitrogen and oxygen atoms in total. The quantitative estimate of drug-likeness (QED) is 0.842. The number of nitrogens with zero attached hydrogens (tertiary/aromatic N) is 3. The van der Waals surface area contributed by atoms with Gasteiger partial charge in [0, 0.05) is 18.9 Å². The van der Waals surface area contributed by atoms with Crippen LogP contribution in [-0.2, 0) is 16.1 Å². The summed E-state index contributed by atoms with van der Waals surface area (Å²) in [5.74, 6) is 0.438. The van der Waals surface area contributed by atoms with Crippen molar-refractivity contribution in [3.8, 4) is 0 Å². The molecule has 1 aromatic rings. The van der Waals surface area contributed by atoms with Gasteiger partial charge in [-0.15, -0.1) is 0 Å². The van der Waals surface area contributed by atoms with Crippen LogP contribution >= 0.6 is 0 Å². The van der Waals surface area contributed by atoms with Crippen LogP contribution in [0.4, 0.5) is 0 Å². The molecule has 6 heteroatoms. The van der Waals surface area contributed by atoms with Gasteiger partial charge in [-0.05, 0) is 31.2 Å². The average molecular weight is 290 g/mol. The maximum atomic E-state index is 12.7. The minimum Gasteiger partial charge on any atom is -0.342 e. The summed E-state index contributed by atoms with van der Waals surface area (Å²) in [4.78, 5) is 26.8. The molecule has 2 fully saturated rings. The van der Waals surface area contributed by atoms with Gasteiger partial charge < -0.3 is 10.2 Å². The van der Waals surface area contributed by atoms with Crippen LogP contribution in [0.3, 0.4) is 0 Å². The molecule has 2 aliphatic rings. The van der Waals surface area contributed by atoms with Crippen LogP contribution in [0, 0.1) is 5.92 Å². The van der Waals surface area contributed by atoms with Gasteiger partial charge in [0.25, 0.3) is 0 Å². The molecule has 1 aliphatic heterocycles. The highest BCUT2D eigenvalue weighted by molar-refractivity contribution is 5.97. The van der Waals surface area contributed by atoms with Gasteiger partial charge in [0.1, 0.15) is 12.1 Å². The van der Waals surface area contributed by atoms with Crippen molar-refractivity contribution in [1.29, 1.82) is 0 Å². The third-order valence-electron chi connectivity index (χ3n) is 4.31. The normalized spacial score (nSPS) is 26.0. The van der Waals surface area contributed by atoms with E-state index in [9.17, 15) is 9.59 Å². The maximum Gasteiger partial charge on any atom is 0.246 e. The van der Waals surface area contributed by atoms with E-state index in [0.29, 0.717) is 25.4 Å². The number of amides is 2. The van der Waals surface area contributed by atoms with E-state index in [1.54, 1.807) is 15.8 Å². The zero-order chi connectivity index (χ0) is 14.8. The first-order valence-electron chi connectivity index (χ1n) is 7.79. The molecule has 0 aromatic carbocycles. The lowest BCUT2D eigenvalue weighted by Gasteiger charge is -2.39. The van der Waals surface area contributed by atoms with Gasteiger partial charge in [-0.3, -0.25) is 14.3 Å². The molecule has 2 amide bonds. The largest absolute Gasteiger partial charge is 0.342 e. The molecule has 1 saturated heterocycles. The second kappa shape index (κ2) is 5.87. The Kier molecular flexibility index (Phi) is 3.94. The van der Waals surface area contributed by atoms with Gasteiger partial charge in [-0.2, -0.15) is 5.10 Å². The Morgan fingerprint density at radius 2 is 2.14 bits per heavy atom. The zero-order valence-corrected chi connectivity index (χ0v) is 12.4. The fraction of sp³-hybridized carbons (Fsp3) is 0.667. The highest BCUT2D eigenvalue weighted by Gasteiger charge is 2.46. The van der Waals surface area contributed by atoms with Crippen LogP contribution < -0.4 is 5.32 Å². The van der Waals surface area contributed by atoms with Gasteiger partial charge >= 0.3 is 0 Å². The van der Waals surface area contributed by atoms with E-state index in [1.165, 1.54) is 0 Å². The Labute approximate surface area is 124 Å². The van der Waals surface area contributed by atoms with Crippen LogP contribution in [0.1, 0.15) is 32.6 Å². The van der Waals surface area contributed by atoms with Crippen molar-refractivity contribution < 1.29 is 9.59 Å². The molecule has 1 aromatic heterocycles. The summed E-state index contributed by atoms with van der Waals surface area (Å²) >= 11 is 0. The Morgan fingerprint density at radius 3 is 2.76 bits per heavy atom. The second-order valence-electron chi connectivity index (χ2n) is 5.93. The first kappa shape index (κ1) is 14.1. The van der Waals surface area contributed by atoms with E-state index in [2.05, 4.69) is 10.4 Å². The lowest BCUT2D eigenvalue weighted by atomic mass is 10.0. The van der Waals surface area contributed by atoms with Gasteiger partial charge in [0.05, 0.1) is 6.54 Å². The summed E-state index contributed by atoms with van der Waals surface area (Å²) in [6, 6.07) is 1.23. The Morgan fingerprint density at radius 1 is 1.33 bits per heavy atom. The molecular formula is C15H22N4O2. The fourth-order valence-corrected chi connectivity index (χ4v) is 3.00. The third kappa shape index (κ3) is 2.94. The molecule has 2 unspecified atom stereocenters. The number of carbonyl (C=O) groups is 2. The number of hydrogen-bond acceptors (Lipinski definition) is 3. The monoisotopic (exact) mass is 290 g/mol. The molecule has 2 atom stereocenters. The van der Waals surface area contributed by atoms with E-state index in [-0.39, 0.29) is 23.9 Å². The topological polar surface area (TPSA) is 67.2 Å². The molecule has 114 valence electrons.